The number of ether oxygens (including phenoxy) is 1. The van der Waals surface area contributed by atoms with Crippen LogP contribution in [0.4, 0.5) is 0 Å². The number of nitrogens with zero attached hydrogens (tertiary/aromatic N) is 4. The first kappa shape index (κ1) is 28.7. The van der Waals surface area contributed by atoms with Gasteiger partial charge < -0.3 is 13.9 Å². The summed E-state index contributed by atoms with van der Waals surface area (Å²) < 4.78 is 10.7. The summed E-state index contributed by atoms with van der Waals surface area (Å²) in [6.07, 6.45) is 8.89. The fourth-order valence-electron chi connectivity index (χ4n) is 6.87. The third-order valence-electron chi connectivity index (χ3n) is 9.07. The van der Waals surface area contributed by atoms with Gasteiger partial charge in [0, 0.05) is 29.0 Å². The molecule has 0 saturated carbocycles. The molecule has 0 atom stereocenters. The van der Waals surface area contributed by atoms with Gasteiger partial charge in [-0.1, -0.05) is 85.2 Å². The number of aromatic nitrogens is 4. The number of hydrogen-bond acceptors (Lipinski definition) is 3. The summed E-state index contributed by atoms with van der Waals surface area (Å²) in [5.41, 5.74) is 6.71. The molecule has 4 aromatic heterocycles. The van der Waals surface area contributed by atoms with Crippen LogP contribution in [-0.2, 0) is 33.9 Å². The van der Waals surface area contributed by atoms with Crippen LogP contribution in [0, 0.1) is 12.1 Å². The molecule has 5 nitrogen and oxygen atoms in total. The van der Waals surface area contributed by atoms with Gasteiger partial charge in [0.25, 0.3) is 0 Å². The van der Waals surface area contributed by atoms with Gasteiger partial charge in [-0.2, -0.15) is 28.7 Å². The maximum Gasteiger partial charge on any atom is 2.00 e. The van der Waals surface area contributed by atoms with Crippen molar-refractivity contribution >= 4 is 43.6 Å². The molecule has 4 aliphatic rings. The molecule has 12 rings (SSSR count). The van der Waals surface area contributed by atoms with Crippen LogP contribution in [-0.4, -0.2) is 19.1 Å². The Morgan fingerprint density at radius 1 is 0.609 bits per heavy atom. The Labute approximate surface area is 281 Å². The van der Waals surface area contributed by atoms with Gasteiger partial charge in [-0.15, -0.1) is 29.0 Å². The number of benzene rings is 4. The second-order valence-corrected chi connectivity index (χ2v) is 11.9. The van der Waals surface area contributed by atoms with E-state index in [1.54, 1.807) is 0 Å². The van der Waals surface area contributed by atoms with E-state index >= 15 is 0 Å². The van der Waals surface area contributed by atoms with E-state index in [0.29, 0.717) is 11.6 Å². The molecule has 0 N–H and O–H groups in total. The number of aryl methyl sites for hydroxylation is 2. The number of rotatable bonds is 0. The molecule has 0 amide bonds. The average molecular weight is 778 g/mol. The molecule has 0 unspecified atom stereocenters. The third kappa shape index (κ3) is 4.91. The molecular weight excluding hydrogens is 748 g/mol. The smallest absolute Gasteiger partial charge is 0.466 e. The summed E-state index contributed by atoms with van der Waals surface area (Å²) in [4.78, 5) is 10.00. The van der Waals surface area contributed by atoms with Crippen molar-refractivity contribution in [1.29, 1.82) is 0 Å². The molecule has 6 heteroatoms. The normalized spacial score (nSPS) is 13.6. The van der Waals surface area contributed by atoms with Gasteiger partial charge in [-0.25, -0.2) is 4.98 Å². The SMILES string of the molecule is [Pt+2].[c-]1cc2ccc1Oc1cccc(n1)-n1c3[c-]c4c(cc3c3ccccc31)c1ccccc1n4-c1ccc(cn1)CCCCCC2. The van der Waals surface area contributed by atoms with Crippen molar-refractivity contribution < 1.29 is 25.8 Å². The molecular formula is C40H30N4OPt. The van der Waals surface area contributed by atoms with Crippen LogP contribution >= 0.6 is 0 Å². The molecule has 8 aromatic rings. The van der Waals surface area contributed by atoms with E-state index < -0.39 is 0 Å². The summed E-state index contributed by atoms with van der Waals surface area (Å²) in [6, 6.07) is 43.1. The van der Waals surface area contributed by atoms with Crippen molar-refractivity contribution in [3.8, 4) is 23.3 Å². The Bertz CT molecular complexity index is 2350. The van der Waals surface area contributed by atoms with Crippen molar-refractivity contribution in [2.45, 2.75) is 38.5 Å². The molecule has 0 saturated heterocycles. The number of fused-ring (bicyclic) bond motifs is 4. The number of pyridine rings is 2. The van der Waals surface area contributed by atoms with E-state index in [9.17, 15) is 0 Å². The van der Waals surface area contributed by atoms with Crippen molar-refractivity contribution in [2.75, 3.05) is 0 Å². The Hall–Kier alpha value is -4.73. The third-order valence-corrected chi connectivity index (χ3v) is 9.07. The van der Waals surface area contributed by atoms with Gasteiger partial charge in [0.05, 0.1) is 0 Å². The van der Waals surface area contributed by atoms with Gasteiger partial charge in [-0.05, 0) is 53.4 Å². The van der Waals surface area contributed by atoms with Crippen LogP contribution in [0.3, 0.4) is 0 Å². The Balaban J connectivity index is 0.00000312. The predicted molar refractivity (Wildman–Crippen MR) is 181 cm³/mol. The number of hydrogen-bond donors (Lipinski definition) is 0. The minimum atomic E-state index is 0. The minimum absolute atomic E-state index is 0. The first-order valence-electron chi connectivity index (χ1n) is 15.8. The van der Waals surface area contributed by atoms with E-state index in [4.69, 9.17) is 14.7 Å². The summed E-state index contributed by atoms with van der Waals surface area (Å²) in [5, 5.41) is 4.63. The fourth-order valence-corrected chi connectivity index (χ4v) is 6.87. The quantitative estimate of drug-likeness (QED) is 0.144. The standard InChI is InChI=1S/C40H30N4O.Pt/c1-2-4-11-28-20-23-38(41-26-28)43-34-14-7-5-12-30(34)32-24-33-31-13-6-8-15-35(31)44(37(33)25-36(32)43)39-16-9-17-40(42-39)45-29-21-18-27(10-3-1)19-22-29;/h5-9,12-21,23-24,26H,1-4,10-11H2;/q-2;+2. The first-order chi connectivity index (χ1) is 22.3. The fraction of sp³-hybridized carbons (Fsp3) is 0.150. The summed E-state index contributed by atoms with van der Waals surface area (Å²) in [6.45, 7) is 0. The van der Waals surface area contributed by atoms with Gasteiger partial charge >= 0.3 is 21.1 Å². The van der Waals surface area contributed by atoms with Crippen LogP contribution in [0.25, 0.3) is 55.2 Å². The van der Waals surface area contributed by atoms with Crippen LogP contribution in [0.1, 0.15) is 36.8 Å². The second-order valence-electron chi connectivity index (χ2n) is 11.9. The zero-order chi connectivity index (χ0) is 29.7. The maximum absolute atomic E-state index is 6.23. The van der Waals surface area contributed by atoms with Crippen LogP contribution in [0.15, 0.2) is 109 Å². The van der Waals surface area contributed by atoms with Crippen LogP contribution in [0.2, 0.25) is 0 Å². The monoisotopic (exact) mass is 777 g/mol. The van der Waals surface area contributed by atoms with Gasteiger partial charge in [-0.3, -0.25) is 0 Å². The maximum atomic E-state index is 6.23. The van der Waals surface area contributed by atoms with E-state index in [1.165, 1.54) is 35.8 Å². The summed E-state index contributed by atoms with van der Waals surface area (Å²) in [7, 11) is 0. The summed E-state index contributed by atoms with van der Waals surface area (Å²) in [5.74, 6) is 2.87. The molecule has 4 aliphatic heterocycles. The molecule has 0 radical (unpaired) electrons. The number of para-hydroxylation sites is 2. The predicted octanol–water partition coefficient (Wildman–Crippen LogP) is 9.72. The molecule has 226 valence electrons. The van der Waals surface area contributed by atoms with Gasteiger partial charge in [0.2, 0.25) is 5.88 Å². The molecule has 4 aromatic carbocycles. The molecule has 0 aliphatic carbocycles. The van der Waals surface area contributed by atoms with E-state index in [1.807, 2.05) is 36.5 Å². The Morgan fingerprint density at radius 3 is 1.96 bits per heavy atom. The van der Waals surface area contributed by atoms with E-state index in [0.717, 1.165) is 69.1 Å². The zero-order valence-corrected chi connectivity index (χ0v) is 27.4. The first-order valence-corrected chi connectivity index (χ1v) is 15.8. The molecule has 0 spiro atoms. The molecule has 46 heavy (non-hydrogen) atoms. The van der Waals surface area contributed by atoms with Crippen LogP contribution < -0.4 is 4.74 Å². The largest absolute Gasteiger partial charge is 2.00 e. The van der Waals surface area contributed by atoms with Gasteiger partial charge in [0.1, 0.15) is 11.6 Å². The Kier molecular flexibility index (Phi) is 7.42. The minimum Gasteiger partial charge on any atom is -0.466 e. The van der Waals surface area contributed by atoms with Crippen molar-refractivity contribution in [3.05, 3.63) is 133 Å². The Morgan fingerprint density at radius 2 is 1.28 bits per heavy atom. The second kappa shape index (κ2) is 11.9. The van der Waals surface area contributed by atoms with Crippen molar-refractivity contribution in [1.82, 2.24) is 19.1 Å². The molecule has 8 heterocycles. The average Bonchev–Trinajstić information content (AvgIpc) is 3.58. The topological polar surface area (TPSA) is 44.9 Å². The van der Waals surface area contributed by atoms with Crippen molar-refractivity contribution in [2.24, 2.45) is 0 Å². The van der Waals surface area contributed by atoms with E-state index in [2.05, 4.69) is 94.1 Å². The van der Waals surface area contributed by atoms with Gasteiger partial charge in [0.15, 0.2) is 0 Å². The van der Waals surface area contributed by atoms with Crippen molar-refractivity contribution in [3.63, 3.8) is 0 Å². The molecule has 0 fully saturated rings. The van der Waals surface area contributed by atoms with E-state index in [-0.39, 0.29) is 21.1 Å². The zero-order valence-electron chi connectivity index (χ0n) is 25.1. The van der Waals surface area contributed by atoms with Crippen LogP contribution in [0.5, 0.6) is 11.6 Å². The summed E-state index contributed by atoms with van der Waals surface area (Å²) >= 11 is 0. The molecule has 8 bridgehead atoms.